The highest BCUT2D eigenvalue weighted by Gasteiger charge is 2.26. The maximum atomic E-state index is 5.54. The molecule has 1 aromatic rings. The third-order valence-electron chi connectivity index (χ3n) is 3.48. The third kappa shape index (κ3) is 2.66. The monoisotopic (exact) mass is 239 g/mol. The molecule has 0 bridgehead atoms. The van der Waals surface area contributed by atoms with E-state index >= 15 is 0 Å². The van der Waals surface area contributed by atoms with E-state index in [4.69, 9.17) is 9.26 Å². The van der Waals surface area contributed by atoms with E-state index in [-0.39, 0.29) is 12.0 Å². The fourth-order valence-corrected chi connectivity index (χ4v) is 2.32. The molecule has 1 saturated heterocycles. The van der Waals surface area contributed by atoms with Gasteiger partial charge in [0.2, 0.25) is 11.7 Å². The lowest BCUT2D eigenvalue weighted by Gasteiger charge is -2.18. The van der Waals surface area contributed by atoms with Crippen molar-refractivity contribution in [2.75, 3.05) is 13.7 Å². The number of ether oxygens (including phenoxy) is 1. The van der Waals surface area contributed by atoms with Gasteiger partial charge in [-0.05, 0) is 26.3 Å². The van der Waals surface area contributed by atoms with E-state index < -0.39 is 0 Å². The molecule has 17 heavy (non-hydrogen) atoms. The van der Waals surface area contributed by atoms with Gasteiger partial charge in [-0.2, -0.15) is 4.98 Å². The fraction of sp³-hybridized carbons (Fsp3) is 0.833. The minimum Gasteiger partial charge on any atom is -0.370 e. The average Bonchev–Trinajstić information content (AvgIpc) is 3.01. The Morgan fingerprint density at radius 3 is 2.94 bits per heavy atom. The van der Waals surface area contributed by atoms with Gasteiger partial charge in [0.25, 0.3) is 0 Å². The molecule has 1 aromatic heterocycles. The van der Waals surface area contributed by atoms with Crippen molar-refractivity contribution < 1.29 is 9.26 Å². The summed E-state index contributed by atoms with van der Waals surface area (Å²) in [5, 5.41) is 7.30. The number of nitrogens with zero attached hydrogens (tertiary/aromatic N) is 2. The first kappa shape index (κ1) is 12.5. The highest BCUT2D eigenvalue weighted by molar-refractivity contribution is 4.99. The fourth-order valence-electron chi connectivity index (χ4n) is 2.32. The number of aromatic nitrogens is 2. The molecule has 5 nitrogen and oxygen atoms in total. The first-order chi connectivity index (χ1) is 8.26. The van der Waals surface area contributed by atoms with Crippen molar-refractivity contribution >= 4 is 0 Å². The molecule has 96 valence electrons. The van der Waals surface area contributed by atoms with E-state index in [1.165, 1.54) is 0 Å². The van der Waals surface area contributed by atoms with E-state index in [0.29, 0.717) is 17.8 Å². The molecule has 3 unspecified atom stereocenters. The number of rotatable bonds is 5. The second kappa shape index (κ2) is 5.60. The highest BCUT2D eigenvalue weighted by atomic mass is 16.5. The van der Waals surface area contributed by atoms with E-state index in [1.807, 2.05) is 7.05 Å². The van der Waals surface area contributed by atoms with Gasteiger partial charge in [-0.3, -0.25) is 0 Å². The maximum absolute atomic E-state index is 5.54. The largest absolute Gasteiger partial charge is 0.370 e. The Hall–Kier alpha value is -0.940. The van der Waals surface area contributed by atoms with E-state index in [2.05, 4.69) is 29.3 Å². The van der Waals surface area contributed by atoms with Crippen molar-refractivity contribution in [3.63, 3.8) is 0 Å². The number of nitrogens with one attached hydrogen (secondary N) is 1. The molecule has 0 saturated carbocycles. The molecular formula is C12H21N3O2. The summed E-state index contributed by atoms with van der Waals surface area (Å²) in [5.41, 5.74) is 0. The van der Waals surface area contributed by atoms with Crippen LogP contribution in [0, 0.1) is 0 Å². The zero-order valence-corrected chi connectivity index (χ0v) is 10.8. The van der Waals surface area contributed by atoms with Crippen LogP contribution in [0.5, 0.6) is 0 Å². The second-order valence-electron chi connectivity index (χ2n) is 4.58. The number of hydrogen-bond donors (Lipinski definition) is 1. The Labute approximate surface area is 102 Å². The van der Waals surface area contributed by atoms with Gasteiger partial charge in [0, 0.05) is 12.6 Å². The minimum absolute atomic E-state index is 0.0364. The Balaban J connectivity index is 2.06. The topological polar surface area (TPSA) is 60.2 Å². The molecule has 2 rings (SSSR count). The number of hydrogen-bond acceptors (Lipinski definition) is 5. The van der Waals surface area contributed by atoms with Crippen LogP contribution in [0.1, 0.15) is 56.8 Å². The van der Waals surface area contributed by atoms with Crippen LogP contribution in [0.15, 0.2) is 4.52 Å². The van der Waals surface area contributed by atoms with Crippen molar-refractivity contribution in [1.82, 2.24) is 15.5 Å². The maximum Gasteiger partial charge on any atom is 0.231 e. The minimum atomic E-state index is 0.0364. The zero-order valence-electron chi connectivity index (χ0n) is 10.8. The summed E-state index contributed by atoms with van der Waals surface area (Å²) in [4.78, 5) is 4.47. The van der Waals surface area contributed by atoms with Crippen molar-refractivity contribution in [3.8, 4) is 0 Å². The van der Waals surface area contributed by atoms with E-state index in [0.717, 1.165) is 25.9 Å². The Bertz CT molecular complexity index is 343. The van der Waals surface area contributed by atoms with Gasteiger partial charge in [-0.25, -0.2) is 0 Å². The van der Waals surface area contributed by atoms with Crippen LogP contribution in [0.25, 0.3) is 0 Å². The van der Waals surface area contributed by atoms with Crippen molar-refractivity contribution in [2.24, 2.45) is 0 Å². The molecule has 0 spiro atoms. The predicted octanol–water partition coefficient (Wildman–Crippen LogP) is 2.02. The van der Waals surface area contributed by atoms with Gasteiger partial charge in [0.15, 0.2) is 0 Å². The number of likely N-dealkylation sites (N-methyl/N-ethyl adjacent to an activating group) is 1. The summed E-state index contributed by atoms with van der Waals surface area (Å²) in [7, 11) is 1.96. The molecule has 0 aliphatic carbocycles. The lowest BCUT2D eigenvalue weighted by atomic mass is 10.00. The van der Waals surface area contributed by atoms with Crippen molar-refractivity contribution in [2.45, 2.75) is 51.2 Å². The second-order valence-corrected chi connectivity index (χ2v) is 4.58. The smallest absolute Gasteiger partial charge is 0.231 e. The summed E-state index contributed by atoms with van der Waals surface area (Å²) >= 11 is 0. The van der Waals surface area contributed by atoms with E-state index in [9.17, 15) is 0 Å². The molecule has 1 aliphatic heterocycles. The van der Waals surface area contributed by atoms with Gasteiger partial charge in [0.05, 0.1) is 5.92 Å². The summed E-state index contributed by atoms with van der Waals surface area (Å²) in [6, 6.07) is 0.368. The summed E-state index contributed by atoms with van der Waals surface area (Å²) in [6.45, 7) is 5.06. The molecule has 5 heteroatoms. The van der Waals surface area contributed by atoms with Crippen LogP contribution in [-0.2, 0) is 4.74 Å². The normalized spacial score (nSPS) is 23.8. The van der Waals surface area contributed by atoms with Crippen LogP contribution in [-0.4, -0.2) is 29.8 Å². The van der Waals surface area contributed by atoms with Gasteiger partial charge in [-0.1, -0.05) is 19.0 Å². The van der Waals surface area contributed by atoms with Crippen LogP contribution in [0.3, 0.4) is 0 Å². The van der Waals surface area contributed by atoms with Crippen molar-refractivity contribution in [3.05, 3.63) is 11.7 Å². The van der Waals surface area contributed by atoms with Gasteiger partial charge in [-0.15, -0.1) is 0 Å². The van der Waals surface area contributed by atoms with Gasteiger partial charge in [0.1, 0.15) is 6.10 Å². The molecule has 1 N–H and O–H groups in total. The SMILES string of the molecule is CCC(NC)C(C)c1nc(C2CCCO2)no1. The molecule has 3 atom stereocenters. The van der Waals surface area contributed by atoms with Crippen LogP contribution in [0.2, 0.25) is 0 Å². The lowest BCUT2D eigenvalue weighted by Crippen LogP contribution is -2.30. The molecule has 0 aromatic carbocycles. The zero-order chi connectivity index (χ0) is 12.3. The first-order valence-electron chi connectivity index (χ1n) is 6.38. The third-order valence-corrected chi connectivity index (χ3v) is 3.48. The van der Waals surface area contributed by atoms with Crippen LogP contribution < -0.4 is 5.32 Å². The molecule has 0 amide bonds. The lowest BCUT2D eigenvalue weighted by molar-refractivity contribution is 0.103. The Morgan fingerprint density at radius 1 is 1.53 bits per heavy atom. The Kier molecular flexibility index (Phi) is 4.12. The first-order valence-corrected chi connectivity index (χ1v) is 6.38. The van der Waals surface area contributed by atoms with Crippen LogP contribution in [0.4, 0.5) is 0 Å². The summed E-state index contributed by atoms with van der Waals surface area (Å²) in [6.07, 6.45) is 3.15. The van der Waals surface area contributed by atoms with Crippen LogP contribution >= 0.6 is 0 Å². The van der Waals surface area contributed by atoms with Gasteiger partial charge >= 0.3 is 0 Å². The molecule has 1 aliphatic rings. The molecular weight excluding hydrogens is 218 g/mol. The average molecular weight is 239 g/mol. The molecule has 1 fully saturated rings. The molecule has 0 radical (unpaired) electrons. The summed E-state index contributed by atoms with van der Waals surface area (Å²) < 4.78 is 10.9. The van der Waals surface area contributed by atoms with Crippen molar-refractivity contribution in [1.29, 1.82) is 0 Å². The van der Waals surface area contributed by atoms with Gasteiger partial charge < -0.3 is 14.6 Å². The van der Waals surface area contributed by atoms with E-state index in [1.54, 1.807) is 0 Å². The molecule has 2 heterocycles. The highest BCUT2D eigenvalue weighted by Crippen LogP contribution is 2.28. The quantitative estimate of drug-likeness (QED) is 0.851. The summed E-state index contributed by atoms with van der Waals surface area (Å²) in [5.74, 6) is 1.64. The Morgan fingerprint density at radius 2 is 2.35 bits per heavy atom. The predicted molar refractivity (Wildman–Crippen MR) is 63.8 cm³/mol. The standard InChI is InChI=1S/C12H21N3O2/c1-4-9(13-3)8(2)12-14-11(15-17-12)10-6-5-7-16-10/h8-10,13H,4-7H2,1-3H3.